The number of hydrogen-bond acceptors (Lipinski definition) is 3. The lowest BCUT2D eigenvalue weighted by molar-refractivity contribution is 0.184. The molecule has 0 saturated heterocycles. The summed E-state index contributed by atoms with van der Waals surface area (Å²) in [4.78, 5) is 0. The maximum Gasteiger partial charge on any atom is 0.137 e. The monoisotopic (exact) mass is 257 g/mol. The average molecular weight is 258 g/mol. The zero-order valence-corrected chi connectivity index (χ0v) is 11.2. The van der Waals surface area contributed by atoms with Crippen molar-refractivity contribution in [1.82, 2.24) is 5.32 Å². The Kier molecular flexibility index (Phi) is 7.01. The zero-order valence-electron chi connectivity index (χ0n) is 10.5. The molecule has 0 heterocycles. The molecule has 0 atom stereocenters. The van der Waals surface area contributed by atoms with Crippen LogP contribution in [-0.2, 0) is 11.3 Å². The highest BCUT2D eigenvalue weighted by molar-refractivity contribution is 6.32. The molecule has 1 N–H and O–H groups in total. The van der Waals surface area contributed by atoms with Crippen molar-refractivity contribution in [3.63, 3.8) is 0 Å². The van der Waals surface area contributed by atoms with Crippen molar-refractivity contribution in [2.75, 3.05) is 27.4 Å². The Hall–Kier alpha value is -0.770. The average Bonchev–Trinajstić information content (AvgIpc) is 2.32. The predicted molar refractivity (Wildman–Crippen MR) is 70.8 cm³/mol. The molecule has 3 nitrogen and oxygen atoms in total. The molecule has 4 heteroatoms. The second-order valence-electron chi connectivity index (χ2n) is 3.84. The second kappa shape index (κ2) is 8.34. The summed E-state index contributed by atoms with van der Waals surface area (Å²) in [5.41, 5.74) is 1.16. The summed E-state index contributed by atoms with van der Waals surface area (Å²) in [6, 6.07) is 5.88. The van der Waals surface area contributed by atoms with Gasteiger partial charge in [-0.2, -0.15) is 0 Å². The van der Waals surface area contributed by atoms with Gasteiger partial charge in [0.1, 0.15) is 5.75 Å². The molecular weight excluding hydrogens is 238 g/mol. The van der Waals surface area contributed by atoms with Crippen LogP contribution in [0.5, 0.6) is 5.75 Å². The maximum atomic E-state index is 6.13. The van der Waals surface area contributed by atoms with Crippen LogP contribution in [0.15, 0.2) is 18.2 Å². The Labute approximate surface area is 108 Å². The van der Waals surface area contributed by atoms with Crippen LogP contribution in [0.4, 0.5) is 0 Å². The number of hydrogen-bond donors (Lipinski definition) is 1. The highest BCUT2D eigenvalue weighted by Gasteiger charge is 2.02. The van der Waals surface area contributed by atoms with Gasteiger partial charge in [-0.3, -0.25) is 0 Å². The number of rotatable bonds is 8. The van der Waals surface area contributed by atoms with Crippen LogP contribution in [0, 0.1) is 0 Å². The molecule has 1 aromatic carbocycles. The van der Waals surface area contributed by atoms with E-state index in [-0.39, 0.29) is 0 Å². The van der Waals surface area contributed by atoms with E-state index in [1.807, 2.05) is 25.2 Å². The third kappa shape index (κ3) is 5.39. The Morgan fingerprint density at radius 3 is 2.65 bits per heavy atom. The molecule has 0 aliphatic carbocycles. The number of ether oxygens (including phenoxy) is 2. The molecule has 0 spiro atoms. The van der Waals surface area contributed by atoms with Gasteiger partial charge >= 0.3 is 0 Å². The van der Waals surface area contributed by atoms with Crippen molar-refractivity contribution in [3.8, 4) is 5.75 Å². The van der Waals surface area contributed by atoms with E-state index in [4.69, 9.17) is 21.1 Å². The summed E-state index contributed by atoms with van der Waals surface area (Å²) < 4.78 is 10.6. The summed E-state index contributed by atoms with van der Waals surface area (Å²) in [5.74, 6) is 0.754. The van der Waals surface area contributed by atoms with Gasteiger partial charge in [-0.25, -0.2) is 0 Å². The van der Waals surface area contributed by atoms with E-state index in [1.54, 1.807) is 7.11 Å². The lowest BCUT2D eigenvalue weighted by Gasteiger charge is -2.09. The first kappa shape index (κ1) is 14.3. The number of methoxy groups -OCH3 is 1. The molecule has 1 aromatic rings. The molecule has 1 rings (SSSR count). The lowest BCUT2D eigenvalue weighted by atomic mass is 10.2. The number of unbranched alkanes of at least 4 members (excludes halogenated alkanes) is 1. The Bertz CT molecular complexity index is 331. The minimum absolute atomic E-state index is 0.671. The molecular formula is C13H20ClNO2. The predicted octanol–water partition coefficient (Wildman–Crippen LogP) is 2.86. The van der Waals surface area contributed by atoms with Gasteiger partial charge in [0.25, 0.3) is 0 Å². The van der Waals surface area contributed by atoms with E-state index in [1.165, 1.54) is 0 Å². The van der Waals surface area contributed by atoms with Crippen LogP contribution in [0.25, 0.3) is 0 Å². The summed E-state index contributed by atoms with van der Waals surface area (Å²) in [6.07, 6.45) is 1.98. The summed E-state index contributed by atoms with van der Waals surface area (Å²) in [6.45, 7) is 2.26. The van der Waals surface area contributed by atoms with Crippen LogP contribution < -0.4 is 10.1 Å². The second-order valence-corrected chi connectivity index (χ2v) is 4.25. The first-order valence-corrected chi connectivity index (χ1v) is 6.20. The van der Waals surface area contributed by atoms with Crippen molar-refractivity contribution in [2.45, 2.75) is 19.4 Å². The van der Waals surface area contributed by atoms with E-state index < -0.39 is 0 Å². The first-order valence-electron chi connectivity index (χ1n) is 5.82. The van der Waals surface area contributed by atoms with Gasteiger partial charge in [-0.1, -0.05) is 17.7 Å². The van der Waals surface area contributed by atoms with Crippen molar-refractivity contribution in [3.05, 3.63) is 28.8 Å². The molecule has 0 aliphatic rings. The molecule has 96 valence electrons. The van der Waals surface area contributed by atoms with Crippen molar-refractivity contribution in [2.24, 2.45) is 0 Å². The van der Waals surface area contributed by atoms with E-state index in [9.17, 15) is 0 Å². The zero-order chi connectivity index (χ0) is 12.5. The SMILES string of the molecule is CNCc1ccc(OCCCCOC)c(Cl)c1. The van der Waals surface area contributed by atoms with E-state index >= 15 is 0 Å². The fourth-order valence-electron chi connectivity index (χ4n) is 1.51. The first-order chi connectivity index (χ1) is 8.27. The highest BCUT2D eigenvalue weighted by atomic mass is 35.5. The molecule has 0 saturated carbocycles. The highest BCUT2D eigenvalue weighted by Crippen LogP contribution is 2.25. The Morgan fingerprint density at radius 1 is 1.24 bits per heavy atom. The smallest absolute Gasteiger partial charge is 0.137 e. The summed E-state index contributed by atoms with van der Waals surface area (Å²) >= 11 is 6.13. The fourth-order valence-corrected chi connectivity index (χ4v) is 1.76. The van der Waals surface area contributed by atoms with Gasteiger partial charge in [0, 0.05) is 20.3 Å². The van der Waals surface area contributed by atoms with Gasteiger partial charge in [-0.05, 0) is 37.6 Å². The molecule has 0 aliphatic heterocycles. The number of nitrogens with one attached hydrogen (secondary N) is 1. The number of halogens is 1. The molecule has 17 heavy (non-hydrogen) atoms. The van der Waals surface area contributed by atoms with Crippen LogP contribution in [0.1, 0.15) is 18.4 Å². The lowest BCUT2D eigenvalue weighted by Crippen LogP contribution is -2.05. The van der Waals surface area contributed by atoms with Gasteiger partial charge < -0.3 is 14.8 Å². The third-order valence-corrected chi connectivity index (χ3v) is 2.67. The molecule has 0 bridgehead atoms. The topological polar surface area (TPSA) is 30.5 Å². The maximum absolute atomic E-state index is 6.13. The molecule has 0 radical (unpaired) electrons. The number of benzene rings is 1. The van der Waals surface area contributed by atoms with Gasteiger partial charge in [0.05, 0.1) is 11.6 Å². The quantitative estimate of drug-likeness (QED) is 0.727. The largest absolute Gasteiger partial charge is 0.492 e. The van der Waals surface area contributed by atoms with Crippen LogP contribution in [-0.4, -0.2) is 27.4 Å². The molecule has 0 unspecified atom stereocenters. The van der Waals surface area contributed by atoms with E-state index in [0.29, 0.717) is 11.6 Å². The third-order valence-electron chi connectivity index (χ3n) is 2.38. The normalized spacial score (nSPS) is 10.5. The van der Waals surface area contributed by atoms with Gasteiger partial charge in [-0.15, -0.1) is 0 Å². The Balaban J connectivity index is 2.38. The molecule has 0 amide bonds. The van der Waals surface area contributed by atoms with E-state index in [0.717, 1.165) is 37.3 Å². The van der Waals surface area contributed by atoms with Crippen LogP contribution >= 0.6 is 11.6 Å². The minimum atomic E-state index is 0.671. The Morgan fingerprint density at radius 2 is 2.00 bits per heavy atom. The fraction of sp³-hybridized carbons (Fsp3) is 0.538. The van der Waals surface area contributed by atoms with Crippen molar-refractivity contribution in [1.29, 1.82) is 0 Å². The van der Waals surface area contributed by atoms with E-state index in [2.05, 4.69) is 5.32 Å². The summed E-state index contributed by atoms with van der Waals surface area (Å²) in [5, 5.41) is 3.75. The minimum Gasteiger partial charge on any atom is -0.492 e. The van der Waals surface area contributed by atoms with Gasteiger partial charge in [0.2, 0.25) is 0 Å². The van der Waals surface area contributed by atoms with Crippen molar-refractivity contribution < 1.29 is 9.47 Å². The standard InChI is InChI=1S/C13H20ClNO2/c1-15-10-11-5-6-13(12(14)9-11)17-8-4-3-7-16-2/h5-6,9,15H,3-4,7-8,10H2,1-2H3. The molecule has 0 fully saturated rings. The summed E-state index contributed by atoms with van der Waals surface area (Å²) in [7, 11) is 3.62. The van der Waals surface area contributed by atoms with Crippen molar-refractivity contribution >= 4 is 11.6 Å². The molecule has 0 aromatic heterocycles. The van der Waals surface area contributed by atoms with Gasteiger partial charge in [0.15, 0.2) is 0 Å². The van der Waals surface area contributed by atoms with Crippen LogP contribution in [0.2, 0.25) is 5.02 Å². The van der Waals surface area contributed by atoms with Crippen LogP contribution in [0.3, 0.4) is 0 Å².